The van der Waals surface area contributed by atoms with Gasteiger partial charge in [0, 0.05) is 24.9 Å². The molecule has 7 nitrogen and oxygen atoms in total. The minimum atomic E-state index is -4.22. The Labute approximate surface area is 203 Å². The first-order chi connectivity index (χ1) is 16.6. The van der Waals surface area contributed by atoms with Gasteiger partial charge in [0.1, 0.15) is 28.5 Å². The van der Waals surface area contributed by atoms with E-state index in [0.29, 0.717) is 11.5 Å². The second kappa shape index (κ2) is 8.49. The van der Waals surface area contributed by atoms with Gasteiger partial charge in [0.05, 0.1) is 17.0 Å². The van der Waals surface area contributed by atoms with Crippen LogP contribution in [0.3, 0.4) is 0 Å². The van der Waals surface area contributed by atoms with Crippen LogP contribution in [0.5, 0.6) is 0 Å². The lowest BCUT2D eigenvalue weighted by atomic mass is 10.0. The molecule has 0 radical (unpaired) electrons. The zero-order valence-corrected chi connectivity index (χ0v) is 20.6. The Balaban J connectivity index is 1.94. The molecule has 36 heavy (non-hydrogen) atoms. The SMILES string of the molecule is Cc1nc(N[C@H](C)c2cccc(C(C)(F)F)c2F)c2cn(C3(C(F)F)CC3)c(=O)c(S(C)(=O)=O)c2n1. The van der Waals surface area contributed by atoms with Crippen molar-refractivity contribution < 1.29 is 30.4 Å². The highest BCUT2D eigenvalue weighted by Gasteiger charge is 2.54. The average molecular weight is 531 g/mol. The molecule has 194 valence electrons. The number of halogens is 5. The zero-order chi connectivity index (χ0) is 26.8. The van der Waals surface area contributed by atoms with E-state index >= 15 is 0 Å². The smallest absolute Gasteiger partial charge is 0.273 e. The molecule has 1 aliphatic rings. The summed E-state index contributed by atoms with van der Waals surface area (Å²) in [6, 6.07) is 2.57. The van der Waals surface area contributed by atoms with Crippen LogP contribution in [0.4, 0.5) is 27.8 Å². The van der Waals surface area contributed by atoms with Crippen molar-refractivity contribution in [2.24, 2.45) is 0 Å². The maximum absolute atomic E-state index is 14.9. The van der Waals surface area contributed by atoms with Crippen LogP contribution >= 0.6 is 0 Å². The molecule has 0 aliphatic heterocycles. The largest absolute Gasteiger partial charge is 0.363 e. The lowest BCUT2D eigenvalue weighted by molar-refractivity contribution is 0.0135. The van der Waals surface area contributed by atoms with Crippen molar-refractivity contribution in [1.82, 2.24) is 14.5 Å². The lowest BCUT2D eigenvalue weighted by Crippen LogP contribution is -2.37. The van der Waals surface area contributed by atoms with Gasteiger partial charge in [-0.25, -0.2) is 40.3 Å². The number of nitrogens with one attached hydrogen (secondary N) is 1. The number of aromatic nitrogens is 3. The summed E-state index contributed by atoms with van der Waals surface area (Å²) in [4.78, 5) is 20.7. The van der Waals surface area contributed by atoms with Gasteiger partial charge in [-0.15, -0.1) is 0 Å². The highest BCUT2D eigenvalue weighted by molar-refractivity contribution is 7.91. The molecule has 3 aromatic rings. The Hall–Kier alpha value is -3.09. The molecule has 4 rings (SSSR count). The summed E-state index contributed by atoms with van der Waals surface area (Å²) in [5.41, 5.74) is -4.19. The third-order valence-electron chi connectivity index (χ3n) is 6.28. The van der Waals surface area contributed by atoms with Crippen LogP contribution in [0.15, 0.2) is 34.1 Å². The molecule has 2 aromatic heterocycles. The average Bonchev–Trinajstić information content (AvgIpc) is 3.53. The van der Waals surface area contributed by atoms with Crippen molar-refractivity contribution in [2.45, 2.75) is 62.4 Å². The second-order valence-electron chi connectivity index (χ2n) is 9.15. The van der Waals surface area contributed by atoms with E-state index < -0.39 is 55.6 Å². The fourth-order valence-corrected chi connectivity index (χ4v) is 5.17. The molecular formula is C23H23F5N4O3S. The molecule has 1 N–H and O–H groups in total. The highest BCUT2D eigenvalue weighted by atomic mass is 32.2. The molecule has 0 amide bonds. The van der Waals surface area contributed by atoms with E-state index in [1.54, 1.807) is 0 Å². The van der Waals surface area contributed by atoms with Crippen molar-refractivity contribution in [3.63, 3.8) is 0 Å². The minimum Gasteiger partial charge on any atom is -0.363 e. The number of nitrogens with zero attached hydrogens (tertiary/aromatic N) is 3. The first kappa shape index (κ1) is 26.0. The Kier molecular flexibility index (Phi) is 6.13. The number of aryl methyl sites for hydroxylation is 1. The number of anilines is 1. The van der Waals surface area contributed by atoms with Gasteiger partial charge in [0.25, 0.3) is 17.9 Å². The van der Waals surface area contributed by atoms with Crippen molar-refractivity contribution in [3.05, 3.63) is 57.5 Å². The molecule has 1 aliphatic carbocycles. The maximum Gasteiger partial charge on any atom is 0.273 e. The Morgan fingerprint density at radius 1 is 1.19 bits per heavy atom. The van der Waals surface area contributed by atoms with Gasteiger partial charge in [0.2, 0.25) is 0 Å². The van der Waals surface area contributed by atoms with E-state index in [-0.39, 0.29) is 41.0 Å². The third kappa shape index (κ3) is 4.33. The summed E-state index contributed by atoms with van der Waals surface area (Å²) in [5, 5.41) is 2.80. The molecular weight excluding hydrogens is 507 g/mol. The Morgan fingerprint density at radius 3 is 2.36 bits per heavy atom. The van der Waals surface area contributed by atoms with Gasteiger partial charge < -0.3 is 9.88 Å². The van der Waals surface area contributed by atoms with Crippen LogP contribution in [-0.2, 0) is 21.3 Å². The quantitative estimate of drug-likeness (QED) is 0.446. The second-order valence-corrected chi connectivity index (χ2v) is 11.1. The van der Waals surface area contributed by atoms with Crippen molar-refractivity contribution in [3.8, 4) is 0 Å². The van der Waals surface area contributed by atoms with E-state index in [2.05, 4.69) is 15.3 Å². The highest BCUT2D eigenvalue weighted by Crippen LogP contribution is 2.48. The molecule has 0 bridgehead atoms. The molecule has 1 saturated carbocycles. The van der Waals surface area contributed by atoms with Crippen LogP contribution in [0.25, 0.3) is 10.9 Å². The maximum atomic E-state index is 14.9. The molecule has 0 spiro atoms. The van der Waals surface area contributed by atoms with Gasteiger partial charge in [-0.3, -0.25) is 4.79 Å². The fourth-order valence-electron chi connectivity index (χ4n) is 4.25. The number of hydrogen-bond donors (Lipinski definition) is 1. The van der Waals surface area contributed by atoms with Crippen LogP contribution in [0.2, 0.25) is 0 Å². The number of alkyl halides is 4. The number of hydrogen-bond acceptors (Lipinski definition) is 6. The van der Waals surface area contributed by atoms with E-state index in [4.69, 9.17) is 0 Å². The summed E-state index contributed by atoms with van der Waals surface area (Å²) in [7, 11) is -4.22. The molecule has 0 unspecified atom stereocenters. The topological polar surface area (TPSA) is 94.0 Å². The van der Waals surface area contributed by atoms with Gasteiger partial charge in [-0.05, 0) is 26.7 Å². The third-order valence-corrected chi connectivity index (χ3v) is 7.39. The molecule has 13 heteroatoms. The van der Waals surface area contributed by atoms with Crippen molar-refractivity contribution in [1.29, 1.82) is 0 Å². The molecule has 1 atom stereocenters. The van der Waals surface area contributed by atoms with Gasteiger partial charge >= 0.3 is 0 Å². The first-order valence-corrected chi connectivity index (χ1v) is 12.8. The Morgan fingerprint density at radius 2 is 1.83 bits per heavy atom. The summed E-state index contributed by atoms with van der Waals surface area (Å²) < 4.78 is 96.3. The summed E-state index contributed by atoms with van der Waals surface area (Å²) in [5.74, 6) is -4.60. The summed E-state index contributed by atoms with van der Waals surface area (Å²) in [6.45, 7) is 3.46. The van der Waals surface area contributed by atoms with Crippen LogP contribution < -0.4 is 10.9 Å². The van der Waals surface area contributed by atoms with Crippen LogP contribution in [-0.4, -0.2) is 35.6 Å². The number of fused-ring (bicyclic) bond motifs is 1. The number of sulfone groups is 1. The van der Waals surface area contributed by atoms with Crippen LogP contribution in [0.1, 0.15) is 49.7 Å². The summed E-state index contributed by atoms with van der Waals surface area (Å²) >= 11 is 0. The lowest BCUT2D eigenvalue weighted by Gasteiger charge is -2.22. The van der Waals surface area contributed by atoms with Gasteiger partial charge in [-0.1, -0.05) is 18.2 Å². The monoisotopic (exact) mass is 530 g/mol. The molecule has 0 saturated heterocycles. The minimum absolute atomic E-state index is 0.0333. The normalized spacial score (nSPS) is 16.4. The molecule has 2 heterocycles. The van der Waals surface area contributed by atoms with Crippen molar-refractivity contribution >= 4 is 26.6 Å². The predicted octanol–water partition coefficient (Wildman–Crippen LogP) is 4.68. The number of benzene rings is 1. The number of rotatable bonds is 7. The van der Waals surface area contributed by atoms with E-state index in [0.717, 1.165) is 18.5 Å². The van der Waals surface area contributed by atoms with E-state index in [9.17, 15) is 35.2 Å². The fraction of sp³-hybridized carbons (Fsp3) is 0.435. The predicted molar refractivity (Wildman–Crippen MR) is 123 cm³/mol. The van der Waals surface area contributed by atoms with E-state index in [1.165, 1.54) is 26.0 Å². The standard InChI is InChI=1S/C23H23F5N4O3S/c1-11(13-6-5-7-15(16(13)24)22(3,27)28)29-19-14-10-32(23(8-9-23)21(25)26)20(33)18(36(4,34)35)17(14)30-12(2)31-19/h5-7,10-11,21H,8-9H2,1-4H3,(H,29,30,31)/t11-/m1/s1. The summed E-state index contributed by atoms with van der Waals surface area (Å²) in [6.07, 6.45) is -1.15. The zero-order valence-electron chi connectivity index (χ0n) is 19.7. The van der Waals surface area contributed by atoms with Gasteiger partial charge in [0.15, 0.2) is 14.7 Å². The van der Waals surface area contributed by atoms with Gasteiger partial charge in [-0.2, -0.15) is 0 Å². The van der Waals surface area contributed by atoms with Crippen molar-refractivity contribution in [2.75, 3.05) is 11.6 Å². The molecule has 1 aromatic carbocycles. The molecule has 1 fully saturated rings. The number of pyridine rings is 1. The van der Waals surface area contributed by atoms with E-state index in [1.807, 2.05) is 0 Å². The Bertz CT molecular complexity index is 1530. The van der Waals surface area contributed by atoms with Crippen LogP contribution in [0, 0.1) is 12.7 Å². The first-order valence-electron chi connectivity index (χ1n) is 10.9.